The van der Waals surface area contributed by atoms with Crippen molar-refractivity contribution in [2.75, 3.05) is 39.4 Å². The van der Waals surface area contributed by atoms with Crippen molar-refractivity contribution >= 4 is 17.5 Å². The van der Waals surface area contributed by atoms with E-state index in [1.807, 2.05) is 25.1 Å². The van der Waals surface area contributed by atoms with Gasteiger partial charge < -0.3 is 14.6 Å². The number of ether oxygens (including phenoxy) is 1. The molecule has 26 heavy (non-hydrogen) atoms. The second-order valence-electron chi connectivity index (χ2n) is 6.39. The number of aryl methyl sites for hydroxylation is 1. The topological polar surface area (TPSA) is 67.6 Å². The van der Waals surface area contributed by atoms with Crippen LogP contribution in [-0.2, 0) is 16.0 Å². The summed E-state index contributed by atoms with van der Waals surface area (Å²) >= 11 is 6.25. The summed E-state index contributed by atoms with van der Waals surface area (Å²) in [6, 6.07) is 7.40. The predicted molar refractivity (Wildman–Crippen MR) is 100 cm³/mol. The summed E-state index contributed by atoms with van der Waals surface area (Å²) in [7, 11) is 0. The number of carbonyl (C=O) groups is 1. The van der Waals surface area contributed by atoms with E-state index in [2.05, 4.69) is 15.4 Å². The maximum Gasteiger partial charge on any atom is 0.224 e. The molecule has 6 nitrogen and oxygen atoms in total. The highest BCUT2D eigenvalue weighted by molar-refractivity contribution is 6.33. The van der Waals surface area contributed by atoms with Crippen LogP contribution in [0.4, 0.5) is 0 Å². The Hall–Kier alpha value is -1.89. The summed E-state index contributed by atoms with van der Waals surface area (Å²) in [6.07, 6.45) is 1.15. The number of nitrogens with one attached hydrogen (secondary N) is 1. The van der Waals surface area contributed by atoms with Crippen molar-refractivity contribution < 1.29 is 14.1 Å². The maximum atomic E-state index is 12.3. The molecular formula is C19H24ClN3O3. The van der Waals surface area contributed by atoms with Gasteiger partial charge in [-0.2, -0.15) is 0 Å². The molecule has 7 heteroatoms. The molecule has 1 saturated heterocycles. The molecule has 1 aromatic heterocycles. The fourth-order valence-electron chi connectivity index (χ4n) is 3.03. The fourth-order valence-corrected chi connectivity index (χ4v) is 3.25. The van der Waals surface area contributed by atoms with Crippen LogP contribution in [0.5, 0.6) is 0 Å². The first-order chi connectivity index (χ1) is 12.6. The molecule has 1 aliphatic heterocycles. The molecule has 140 valence electrons. The Morgan fingerprint density at radius 3 is 2.85 bits per heavy atom. The quantitative estimate of drug-likeness (QED) is 0.751. The number of nitrogens with zero attached hydrogens (tertiary/aromatic N) is 2. The molecule has 0 spiro atoms. The highest BCUT2D eigenvalue weighted by Gasteiger charge is 2.19. The third kappa shape index (κ3) is 4.84. The van der Waals surface area contributed by atoms with Gasteiger partial charge in [-0.25, -0.2) is 0 Å². The molecule has 0 unspecified atom stereocenters. The average Bonchev–Trinajstić information content (AvgIpc) is 3.00. The van der Waals surface area contributed by atoms with Crippen molar-refractivity contribution in [2.24, 2.45) is 0 Å². The molecule has 1 aromatic carbocycles. The fraction of sp³-hybridized carbons (Fsp3) is 0.474. The second-order valence-corrected chi connectivity index (χ2v) is 6.80. The van der Waals surface area contributed by atoms with Gasteiger partial charge in [-0.15, -0.1) is 0 Å². The van der Waals surface area contributed by atoms with Crippen LogP contribution in [0.25, 0.3) is 11.3 Å². The summed E-state index contributed by atoms with van der Waals surface area (Å²) in [5.74, 6) is 0.531. The Bertz CT molecular complexity index is 741. The normalized spacial score (nSPS) is 15.2. The predicted octanol–water partition coefficient (Wildman–Crippen LogP) is 2.68. The largest absolute Gasteiger partial charge is 0.379 e. The molecule has 1 aliphatic rings. The number of amides is 1. The van der Waals surface area contributed by atoms with Crippen molar-refractivity contribution in [3.8, 4) is 11.3 Å². The van der Waals surface area contributed by atoms with Gasteiger partial charge in [-0.3, -0.25) is 9.69 Å². The van der Waals surface area contributed by atoms with Crippen LogP contribution in [-0.4, -0.2) is 55.4 Å². The Kier molecular flexibility index (Phi) is 6.66. The zero-order valence-electron chi connectivity index (χ0n) is 15.0. The minimum absolute atomic E-state index is 0.0356. The summed E-state index contributed by atoms with van der Waals surface area (Å²) in [5.41, 5.74) is 2.25. The highest BCUT2D eigenvalue weighted by atomic mass is 35.5. The van der Waals surface area contributed by atoms with Crippen molar-refractivity contribution in [3.05, 3.63) is 40.5 Å². The summed E-state index contributed by atoms with van der Waals surface area (Å²) in [5, 5.41) is 7.57. The van der Waals surface area contributed by atoms with Crippen LogP contribution in [0.2, 0.25) is 5.02 Å². The lowest BCUT2D eigenvalue weighted by Crippen LogP contribution is -2.38. The Morgan fingerprint density at radius 1 is 1.31 bits per heavy atom. The standard InChI is InChI=1S/C19H24ClN3O3/c1-14-16(19(26-22-14)15-5-2-3-6-17(15)20)13-18(24)21-7-4-8-23-9-11-25-12-10-23/h2-3,5-6H,4,7-13H2,1H3,(H,21,24). The number of rotatable bonds is 7. The zero-order chi connectivity index (χ0) is 18.4. The summed E-state index contributed by atoms with van der Waals surface area (Å²) in [6.45, 7) is 6.99. The van der Waals surface area contributed by atoms with Gasteiger partial charge in [0.2, 0.25) is 5.91 Å². The number of benzene rings is 1. The van der Waals surface area contributed by atoms with E-state index >= 15 is 0 Å². The number of carbonyl (C=O) groups excluding carboxylic acids is 1. The molecule has 1 fully saturated rings. The lowest BCUT2D eigenvalue weighted by atomic mass is 10.0. The third-order valence-corrected chi connectivity index (χ3v) is 4.85. The minimum Gasteiger partial charge on any atom is -0.379 e. The van der Waals surface area contributed by atoms with Gasteiger partial charge in [-0.05, 0) is 32.0 Å². The first-order valence-electron chi connectivity index (χ1n) is 8.92. The van der Waals surface area contributed by atoms with Gasteiger partial charge in [0, 0.05) is 30.8 Å². The van der Waals surface area contributed by atoms with Gasteiger partial charge >= 0.3 is 0 Å². The van der Waals surface area contributed by atoms with Crippen molar-refractivity contribution in [1.29, 1.82) is 0 Å². The van der Waals surface area contributed by atoms with Crippen molar-refractivity contribution in [1.82, 2.24) is 15.4 Å². The van der Waals surface area contributed by atoms with Crippen LogP contribution < -0.4 is 5.32 Å². The van der Waals surface area contributed by atoms with Crippen LogP contribution in [0.15, 0.2) is 28.8 Å². The molecule has 2 heterocycles. The van der Waals surface area contributed by atoms with E-state index in [1.165, 1.54) is 0 Å². The van der Waals surface area contributed by atoms with Crippen LogP contribution in [0.1, 0.15) is 17.7 Å². The van der Waals surface area contributed by atoms with E-state index in [4.69, 9.17) is 20.9 Å². The highest BCUT2D eigenvalue weighted by Crippen LogP contribution is 2.32. The number of halogens is 1. The molecule has 0 radical (unpaired) electrons. The molecule has 0 atom stereocenters. The van der Waals surface area contributed by atoms with Gasteiger partial charge in [-0.1, -0.05) is 28.9 Å². The van der Waals surface area contributed by atoms with Crippen molar-refractivity contribution in [3.63, 3.8) is 0 Å². The van der Waals surface area contributed by atoms with Gasteiger partial charge in [0.1, 0.15) is 0 Å². The molecule has 1 amide bonds. The first kappa shape index (κ1) is 18.9. The number of morpholine rings is 1. The van der Waals surface area contributed by atoms with E-state index in [9.17, 15) is 4.79 Å². The zero-order valence-corrected chi connectivity index (χ0v) is 15.7. The van der Waals surface area contributed by atoms with Gasteiger partial charge in [0.25, 0.3) is 0 Å². The van der Waals surface area contributed by atoms with Gasteiger partial charge in [0.15, 0.2) is 5.76 Å². The lowest BCUT2D eigenvalue weighted by Gasteiger charge is -2.26. The molecule has 0 saturated carbocycles. The lowest BCUT2D eigenvalue weighted by molar-refractivity contribution is -0.120. The van der Waals surface area contributed by atoms with Crippen LogP contribution in [0.3, 0.4) is 0 Å². The summed E-state index contributed by atoms with van der Waals surface area (Å²) in [4.78, 5) is 14.7. The van der Waals surface area contributed by atoms with E-state index < -0.39 is 0 Å². The number of aromatic nitrogens is 1. The third-order valence-electron chi connectivity index (χ3n) is 4.52. The van der Waals surface area contributed by atoms with Crippen LogP contribution in [0, 0.1) is 6.92 Å². The Labute approximate surface area is 158 Å². The second kappa shape index (κ2) is 9.16. The van der Waals surface area contributed by atoms with Crippen LogP contribution >= 0.6 is 11.6 Å². The smallest absolute Gasteiger partial charge is 0.224 e. The number of hydrogen-bond acceptors (Lipinski definition) is 5. The molecule has 2 aromatic rings. The average molecular weight is 378 g/mol. The molecular weight excluding hydrogens is 354 g/mol. The monoisotopic (exact) mass is 377 g/mol. The maximum absolute atomic E-state index is 12.3. The summed E-state index contributed by atoms with van der Waals surface area (Å²) < 4.78 is 10.8. The minimum atomic E-state index is -0.0356. The molecule has 1 N–H and O–H groups in total. The Balaban J connectivity index is 1.53. The SMILES string of the molecule is Cc1noc(-c2ccccc2Cl)c1CC(=O)NCCCN1CCOCC1. The van der Waals surface area contributed by atoms with E-state index in [0.717, 1.165) is 50.4 Å². The van der Waals surface area contributed by atoms with E-state index in [0.29, 0.717) is 23.0 Å². The van der Waals surface area contributed by atoms with E-state index in [1.54, 1.807) is 6.07 Å². The van der Waals surface area contributed by atoms with Crippen molar-refractivity contribution in [2.45, 2.75) is 19.8 Å². The number of hydrogen-bond donors (Lipinski definition) is 1. The Morgan fingerprint density at radius 2 is 2.08 bits per heavy atom. The van der Waals surface area contributed by atoms with E-state index in [-0.39, 0.29) is 12.3 Å². The van der Waals surface area contributed by atoms with Gasteiger partial charge in [0.05, 0.1) is 30.4 Å². The first-order valence-corrected chi connectivity index (χ1v) is 9.30. The molecule has 0 aliphatic carbocycles. The molecule has 0 bridgehead atoms. The molecule has 3 rings (SSSR count).